The summed E-state index contributed by atoms with van der Waals surface area (Å²) in [4.78, 5) is 11.6. The molecule has 15 heavy (non-hydrogen) atoms. The minimum absolute atomic E-state index is 0.0446. The monoisotopic (exact) mass is 229 g/mol. The molecule has 0 radical (unpaired) electrons. The molecule has 0 heterocycles. The third kappa shape index (κ3) is 3.61. The first kappa shape index (κ1) is 12.1. The molecule has 0 saturated carbocycles. The molecule has 1 aromatic rings. The lowest BCUT2D eigenvalue weighted by atomic mass is 10.0. The Balaban J connectivity index is 2.77. The molecular weight excluding hydrogens is 217 g/mol. The molecule has 2 N–H and O–H groups in total. The number of ketones is 1. The highest BCUT2D eigenvalue weighted by Crippen LogP contribution is 2.17. The lowest BCUT2D eigenvalue weighted by Gasteiger charge is -2.05. The molecule has 1 unspecified atom stereocenters. The minimum Gasteiger partial charge on any atom is -0.328 e. The quantitative estimate of drug-likeness (QED) is 0.807. The number of Topliss-reactive ketones (excluding diaryl/α,β-unsaturated/α-hetero) is 1. The van der Waals surface area contributed by atoms with Crippen LogP contribution >= 0.6 is 11.6 Å². The number of hydrogen-bond donors (Lipinski definition) is 1. The maximum Gasteiger partial charge on any atom is 0.165 e. The fourth-order valence-corrected chi connectivity index (χ4v) is 1.38. The number of benzene rings is 1. The van der Waals surface area contributed by atoms with Gasteiger partial charge in [0.1, 0.15) is 5.82 Å². The normalized spacial score (nSPS) is 12.5. The van der Waals surface area contributed by atoms with Gasteiger partial charge in [-0.05, 0) is 31.5 Å². The SMILES string of the molecule is CC(N)CCC(=O)c1cc(Cl)ccc1F. The van der Waals surface area contributed by atoms with Gasteiger partial charge in [0, 0.05) is 17.5 Å². The predicted molar refractivity (Wildman–Crippen MR) is 58.6 cm³/mol. The first-order valence-electron chi connectivity index (χ1n) is 4.74. The van der Waals surface area contributed by atoms with Gasteiger partial charge in [-0.15, -0.1) is 0 Å². The highest BCUT2D eigenvalue weighted by atomic mass is 35.5. The molecule has 0 fully saturated rings. The predicted octanol–water partition coefficient (Wildman–Crippen LogP) is 2.79. The van der Waals surface area contributed by atoms with Crippen molar-refractivity contribution >= 4 is 17.4 Å². The van der Waals surface area contributed by atoms with Gasteiger partial charge in [-0.1, -0.05) is 11.6 Å². The number of nitrogens with two attached hydrogens (primary N) is 1. The summed E-state index contributed by atoms with van der Waals surface area (Å²) in [5.74, 6) is -0.790. The van der Waals surface area contributed by atoms with Crippen LogP contribution in [0.1, 0.15) is 30.1 Å². The minimum atomic E-state index is -0.533. The maximum atomic E-state index is 13.2. The van der Waals surface area contributed by atoms with Crippen molar-refractivity contribution in [3.63, 3.8) is 0 Å². The van der Waals surface area contributed by atoms with E-state index >= 15 is 0 Å². The molecule has 0 aromatic heterocycles. The zero-order valence-electron chi connectivity index (χ0n) is 8.47. The summed E-state index contributed by atoms with van der Waals surface area (Å²) in [7, 11) is 0. The van der Waals surface area contributed by atoms with Gasteiger partial charge in [0.2, 0.25) is 0 Å². The summed E-state index contributed by atoms with van der Waals surface area (Å²) in [6.45, 7) is 1.81. The lowest BCUT2D eigenvalue weighted by molar-refractivity contribution is 0.0974. The van der Waals surface area contributed by atoms with Crippen LogP contribution in [0, 0.1) is 5.82 Å². The molecule has 1 atom stereocenters. The Morgan fingerprint density at radius 1 is 1.60 bits per heavy atom. The van der Waals surface area contributed by atoms with Gasteiger partial charge < -0.3 is 5.73 Å². The van der Waals surface area contributed by atoms with E-state index in [-0.39, 0.29) is 23.8 Å². The van der Waals surface area contributed by atoms with Gasteiger partial charge in [0.15, 0.2) is 5.78 Å². The maximum absolute atomic E-state index is 13.2. The third-order valence-corrected chi connectivity index (χ3v) is 2.29. The molecule has 0 amide bonds. The van der Waals surface area contributed by atoms with E-state index in [1.807, 2.05) is 6.92 Å². The molecule has 0 aliphatic carbocycles. The zero-order valence-corrected chi connectivity index (χ0v) is 9.22. The average Bonchev–Trinajstić information content (AvgIpc) is 2.18. The van der Waals surface area contributed by atoms with Crippen LogP contribution in [-0.2, 0) is 0 Å². The van der Waals surface area contributed by atoms with E-state index in [2.05, 4.69) is 0 Å². The number of rotatable bonds is 4. The Morgan fingerprint density at radius 3 is 2.87 bits per heavy atom. The van der Waals surface area contributed by atoms with Crippen molar-refractivity contribution in [1.82, 2.24) is 0 Å². The molecule has 0 aliphatic heterocycles. The molecule has 0 saturated heterocycles. The van der Waals surface area contributed by atoms with Crippen LogP contribution in [0.3, 0.4) is 0 Å². The van der Waals surface area contributed by atoms with E-state index in [9.17, 15) is 9.18 Å². The summed E-state index contributed by atoms with van der Waals surface area (Å²) in [5, 5.41) is 0.362. The Morgan fingerprint density at radius 2 is 2.27 bits per heavy atom. The van der Waals surface area contributed by atoms with Crippen molar-refractivity contribution in [3.05, 3.63) is 34.6 Å². The highest BCUT2D eigenvalue weighted by molar-refractivity contribution is 6.31. The number of carbonyl (C=O) groups excluding carboxylic acids is 1. The van der Waals surface area contributed by atoms with Crippen molar-refractivity contribution in [3.8, 4) is 0 Å². The van der Waals surface area contributed by atoms with E-state index < -0.39 is 5.82 Å². The Bertz CT molecular complexity index is 366. The summed E-state index contributed by atoms with van der Waals surface area (Å²) < 4.78 is 13.2. The van der Waals surface area contributed by atoms with Gasteiger partial charge in [-0.3, -0.25) is 4.79 Å². The lowest BCUT2D eigenvalue weighted by Crippen LogP contribution is -2.16. The van der Waals surface area contributed by atoms with E-state index in [1.165, 1.54) is 18.2 Å². The molecule has 1 rings (SSSR count). The van der Waals surface area contributed by atoms with Crippen LogP contribution in [0.4, 0.5) is 4.39 Å². The van der Waals surface area contributed by atoms with E-state index in [1.54, 1.807) is 0 Å². The number of hydrogen-bond acceptors (Lipinski definition) is 2. The van der Waals surface area contributed by atoms with Crippen LogP contribution in [0.15, 0.2) is 18.2 Å². The molecule has 82 valence electrons. The van der Waals surface area contributed by atoms with Crippen LogP contribution in [0.5, 0.6) is 0 Å². The topological polar surface area (TPSA) is 43.1 Å². The highest BCUT2D eigenvalue weighted by Gasteiger charge is 2.12. The fourth-order valence-electron chi connectivity index (χ4n) is 1.20. The van der Waals surface area contributed by atoms with Crippen LogP contribution in [0.2, 0.25) is 5.02 Å². The van der Waals surface area contributed by atoms with E-state index in [0.29, 0.717) is 11.4 Å². The van der Waals surface area contributed by atoms with Gasteiger partial charge >= 0.3 is 0 Å². The Labute approximate surface area is 93.2 Å². The van der Waals surface area contributed by atoms with Crippen molar-refractivity contribution < 1.29 is 9.18 Å². The van der Waals surface area contributed by atoms with Gasteiger partial charge in [-0.25, -0.2) is 4.39 Å². The Hall–Kier alpha value is -0.930. The van der Waals surface area contributed by atoms with Gasteiger partial charge in [-0.2, -0.15) is 0 Å². The van der Waals surface area contributed by atoms with Gasteiger partial charge in [0.05, 0.1) is 5.56 Å². The van der Waals surface area contributed by atoms with E-state index in [0.717, 1.165) is 0 Å². The molecule has 2 nitrogen and oxygen atoms in total. The standard InChI is InChI=1S/C11H13ClFNO/c1-7(14)2-5-11(15)9-6-8(12)3-4-10(9)13/h3-4,6-7H,2,5,14H2,1H3. The molecule has 0 spiro atoms. The first-order chi connectivity index (χ1) is 7.00. The molecule has 0 bridgehead atoms. The first-order valence-corrected chi connectivity index (χ1v) is 5.12. The molecular formula is C11H13ClFNO. The van der Waals surface area contributed by atoms with E-state index in [4.69, 9.17) is 17.3 Å². The summed E-state index contributed by atoms with van der Waals surface area (Å²) in [6, 6.07) is 3.90. The smallest absolute Gasteiger partial charge is 0.165 e. The second-order valence-electron chi connectivity index (χ2n) is 3.56. The van der Waals surface area contributed by atoms with Crippen molar-refractivity contribution in [2.45, 2.75) is 25.8 Å². The summed E-state index contributed by atoms with van der Waals surface area (Å²) in [6.07, 6.45) is 0.791. The molecule has 0 aliphatic rings. The number of carbonyl (C=O) groups is 1. The molecule has 1 aromatic carbocycles. The average molecular weight is 230 g/mol. The van der Waals surface area contributed by atoms with Crippen molar-refractivity contribution in [2.75, 3.05) is 0 Å². The second-order valence-corrected chi connectivity index (χ2v) is 4.00. The second kappa shape index (κ2) is 5.24. The van der Waals surface area contributed by atoms with Crippen molar-refractivity contribution in [1.29, 1.82) is 0 Å². The molecule has 4 heteroatoms. The number of halogens is 2. The van der Waals surface area contributed by atoms with Crippen LogP contribution < -0.4 is 5.73 Å². The van der Waals surface area contributed by atoms with Gasteiger partial charge in [0.25, 0.3) is 0 Å². The summed E-state index contributed by atoms with van der Waals surface area (Å²) in [5.41, 5.74) is 5.56. The largest absolute Gasteiger partial charge is 0.328 e. The van der Waals surface area contributed by atoms with Crippen molar-refractivity contribution in [2.24, 2.45) is 5.73 Å². The van der Waals surface area contributed by atoms with Crippen LogP contribution in [-0.4, -0.2) is 11.8 Å². The zero-order chi connectivity index (χ0) is 11.4. The fraction of sp³-hybridized carbons (Fsp3) is 0.364. The van der Waals surface area contributed by atoms with Crippen LogP contribution in [0.25, 0.3) is 0 Å². The Kier molecular flexibility index (Phi) is 4.24. The third-order valence-electron chi connectivity index (χ3n) is 2.06. The summed E-state index contributed by atoms with van der Waals surface area (Å²) >= 11 is 5.68.